The third-order valence-corrected chi connectivity index (χ3v) is 5.48. The van der Waals surface area contributed by atoms with E-state index in [-0.39, 0.29) is 5.91 Å². The Hall–Kier alpha value is -3.51. The first-order valence-electron chi connectivity index (χ1n) is 9.42. The second-order valence-electron chi connectivity index (χ2n) is 6.61. The van der Waals surface area contributed by atoms with Crippen LogP contribution in [0.1, 0.15) is 6.92 Å². The molecule has 150 valence electrons. The van der Waals surface area contributed by atoms with E-state index in [9.17, 15) is 9.59 Å². The van der Waals surface area contributed by atoms with E-state index >= 15 is 0 Å². The van der Waals surface area contributed by atoms with Gasteiger partial charge in [-0.2, -0.15) is 0 Å². The number of carbonyl (C=O) groups is 1. The first kappa shape index (κ1) is 19.8. The van der Waals surface area contributed by atoms with Crippen molar-refractivity contribution in [3.8, 4) is 5.75 Å². The summed E-state index contributed by atoms with van der Waals surface area (Å²) in [6, 6.07) is 25.8. The number of ether oxygens (including phenoxy) is 1. The van der Waals surface area contributed by atoms with Crippen molar-refractivity contribution in [1.82, 2.24) is 0 Å². The number of fused-ring (bicyclic) bond motifs is 1. The van der Waals surface area contributed by atoms with Gasteiger partial charge in [0.15, 0.2) is 6.10 Å². The van der Waals surface area contributed by atoms with Crippen molar-refractivity contribution in [3.63, 3.8) is 0 Å². The van der Waals surface area contributed by atoms with Gasteiger partial charge >= 0.3 is 5.63 Å². The van der Waals surface area contributed by atoms with Crippen LogP contribution in [0.15, 0.2) is 104 Å². The molecule has 4 aromatic rings. The van der Waals surface area contributed by atoms with Crippen molar-refractivity contribution in [2.24, 2.45) is 0 Å². The van der Waals surface area contributed by atoms with E-state index in [4.69, 9.17) is 9.15 Å². The standard InChI is InChI=1S/C24H19NO4S/c1-16(28-18-13-11-17-12-14-23(26)29-21(17)15-18)24(27)25-20-9-5-6-10-22(20)30-19-7-3-2-4-8-19/h2-16H,1H3,(H,25,27)/t16-/m1/s1. The van der Waals surface area contributed by atoms with Crippen molar-refractivity contribution >= 4 is 34.3 Å². The van der Waals surface area contributed by atoms with Gasteiger partial charge in [-0.25, -0.2) is 4.79 Å². The van der Waals surface area contributed by atoms with Gasteiger partial charge in [0.2, 0.25) is 0 Å². The molecule has 0 unspecified atom stereocenters. The van der Waals surface area contributed by atoms with E-state index < -0.39 is 11.7 Å². The lowest BCUT2D eigenvalue weighted by Gasteiger charge is -2.16. The maximum atomic E-state index is 12.7. The maximum absolute atomic E-state index is 12.7. The molecule has 30 heavy (non-hydrogen) atoms. The molecule has 0 radical (unpaired) electrons. The van der Waals surface area contributed by atoms with Gasteiger partial charge in [0.25, 0.3) is 5.91 Å². The van der Waals surface area contributed by atoms with Gasteiger partial charge in [-0.15, -0.1) is 0 Å². The second-order valence-corrected chi connectivity index (χ2v) is 7.73. The molecule has 1 amide bonds. The number of hydrogen-bond acceptors (Lipinski definition) is 5. The highest BCUT2D eigenvalue weighted by molar-refractivity contribution is 7.99. The summed E-state index contributed by atoms with van der Waals surface area (Å²) in [5.41, 5.74) is 0.700. The SMILES string of the molecule is C[C@@H](Oc1ccc2ccc(=O)oc2c1)C(=O)Nc1ccccc1Sc1ccccc1. The largest absolute Gasteiger partial charge is 0.481 e. The Morgan fingerprint density at radius 2 is 1.70 bits per heavy atom. The number of rotatable bonds is 6. The Balaban J connectivity index is 1.47. The minimum Gasteiger partial charge on any atom is -0.481 e. The molecule has 5 nitrogen and oxygen atoms in total. The first-order valence-corrected chi connectivity index (χ1v) is 10.2. The van der Waals surface area contributed by atoms with Crippen LogP contribution >= 0.6 is 11.8 Å². The molecule has 1 heterocycles. The predicted molar refractivity (Wildman–Crippen MR) is 118 cm³/mol. The zero-order chi connectivity index (χ0) is 20.9. The van der Waals surface area contributed by atoms with Crippen LogP contribution in [0.4, 0.5) is 5.69 Å². The maximum Gasteiger partial charge on any atom is 0.336 e. The Morgan fingerprint density at radius 1 is 0.967 bits per heavy atom. The third kappa shape index (κ3) is 4.72. The van der Waals surface area contributed by atoms with Crippen molar-refractivity contribution in [3.05, 3.63) is 95.3 Å². The Morgan fingerprint density at radius 3 is 2.53 bits per heavy atom. The molecule has 6 heteroatoms. The molecule has 0 spiro atoms. The summed E-state index contributed by atoms with van der Waals surface area (Å²) >= 11 is 1.58. The average molecular weight is 417 g/mol. The summed E-state index contributed by atoms with van der Waals surface area (Å²) in [6.45, 7) is 1.67. The van der Waals surface area contributed by atoms with Gasteiger partial charge in [0.05, 0.1) is 5.69 Å². The molecule has 0 saturated heterocycles. The number of amides is 1. The van der Waals surface area contributed by atoms with Gasteiger partial charge in [-0.05, 0) is 49.4 Å². The molecule has 0 saturated carbocycles. The second kappa shape index (κ2) is 8.88. The molecule has 0 aliphatic heterocycles. The van der Waals surface area contributed by atoms with Gasteiger partial charge in [-0.3, -0.25) is 4.79 Å². The summed E-state index contributed by atoms with van der Waals surface area (Å²) in [7, 11) is 0. The van der Waals surface area contributed by atoms with Crippen molar-refractivity contribution < 1.29 is 13.9 Å². The van der Waals surface area contributed by atoms with Gasteiger partial charge in [-0.1, -0.05) is 42.1 Å². The quantitative estimate of drug-likeness (QED) is 0.428. The third-order valence-electron chi connectivity index (χ3n) is 4.39. The highest BCUT2D eigenvalue weighted by Crippen LogP contribution is 2.33. The summed E-state index contributed by atoms with van der Waals surface area (Å²) in [6.07, 6.45) is -0.743. The van der Waals surface area contributed by atoms with Crippen LogP contribution in [0.25, 0.3) is 11.0 Å². The fourth-order valence-electron chi connectivity index (χ4n) is 2.88. The lowest BCUT2D eigenvalue weighted by molar-refractivity contribution is -0.122. The Labute approximate surface area is 177 Å². The monoisotopic (exact) mass is 417 g/mol. The number of carbonyl (C=O) groups excluding carboxylic acids is 1. The topological polar surface area (TPSA) is 68.5 Å². The lowest BCUT2D eigenvalue weighted by Crippen LogP contribution is -2.30. The normalized spacial score (nSPS) is 11.8. The van der Waals surface area contributed by atoms with Crippen LogP contribution < -0.4 is 15.7 Å². The van der Waals surface area contributed by atoms with Crippen LogP contribution in [-0.4, -0.2) is 12.0 Å². The Bertz CT molecular complexity index is 1240. The van der Waals surface area contributed by atoms with Gasteiger partial charge in [0, 0.05) is 27.3 Å². The Kier molecular flexibility index (Phi) is 5.86. The van der Waals surface area contributed by atoms with Crippen molar-refractivity contribution in [2.45, 2.75) is 22.8 Å². The molecule has 0 fully saturated rings. The molecule has 0 aliphatic carbocycles. The van der Waals surface area contributed by atoms with Crippen LogP contribution in [0.3, 0.4) is 0 Å². The molecule has 1 aromatic heterocycles. The number of para-hydroxylation sites is 1. The summed E-state index contributed by atoms with van der Waals surface area (Å²) in [5, 5.41) is 3.72. The minimum absolute atomic E-state index is 0.272. The highest BCUT2D eigenvalue weighted by atomic mass is 32.2. The predicted octanol–water partition coefficient (Wildman–Crippen LogP) is 5.35. The van der Waals surface area contributed by atoms with Crippen molar-refractivity contribution in [1.29, 1.82) is 0 Å². The molecule has 0 bridgehead atoms. The molecule has 0 aliphatic rings. The molecule has 3 aromatic carbocycles. The zero-order valence-corrected chi connectivity index (χ0v) is 17.0. The van der Waals surface area contributed by atoms with Crippen molar-refractivity contribution in [2.75, 3.05) is 5.32 Å². The van der Waals surface area contributed by atoms with E-state index in [1.54, 1.807) is 43.0 Å². The van der Waals surface area contributed by atoms with Crippen LogP contribution in [-0.2, 0) is 4.79 Å². The highest BCUT2D eigenvalue weighted by Gasteiger charge is 2.17. The molecular formula is C24H19NO4S. The summed E-state index contributed by atoms with van der Waals surface area (Å²) < 4.78 is 10.9. The zero-order valence-electron chi connectivity index (χ0n) is 16.2. The van der Waals surface area contributed by atoms with Gasteiger partial charge in [0.1, 0.15) is 11.3 Å². The molecule has 1 N–H and O–H groups in total. The van der Waals surface area contributed by atoms with E-state index in [1.807, 2.05) is 54.6 Å². The fraction of sp³-hybridized carbons (Fsp3) is 0.0833. The van der Waals surface area contributed by atoms with E-state index in [0.29, 0.717) is 11.3 Å². The van der Waals surface area contributed by atoms with Gasteiger partial charge < -0.3 is 14.5 Å². The fourth-order valence-corrected chi connectivity index (χ4v) is 3.80. The first-order chi connectivity index (χ1) is 14.6. The van der Waals surface area contributed by atoms with Crippen LogP contribution in [0.2, 0.25) is 0 Å². The number of anilines is 1. The van der Waals surface area contributed by atoms with E-state index in [0.717, 1.165) is 20.9 Å². The van der Waals surface area contributed by atoms with E-state index in [1.165, 1.54) is 6.07 Å². The van der Waals surface area contributed by atoms with E-state index in [2.05, 4.69) is 5.32 Å². The summed E-state index contributed by atoms with van der Waals surface area (Å²) in [4.78, 5) is 26.2. The molecule has 1 atom stereocenters. The number of hydrogen-bond donors (Lipinski definition) is 1. The minimum atomic E-state index is -0.743. The van der Waals surface area contributed by atoms with Crippen LogP contribution in [0.5, 0.6) is 5.75 Å². The number of nitrogens with one attached hydrogen (secondary N) is 1. The number of benzene rings is 3. The molecular weight excluding hydrogens is 398 g/mol. The van der Waals surface area contributed by atoms with Crippen LogP contribution in [0, 0.1) is 0 Å². The smallest absolute Gasteiger partial charge is 0.336 e. The average Bonchev–Trinajstić information content (AvgIpc) is 2.75. The summed E-state index contributed by atoms with van der Waals surface area (Å²) in [5.74, 6) is 0.178. The lowest BCUT2D eigenvalue weighted by atomic mass is 10.2. The molecule has 4 rings (SSSR count).